The summed E-state index contributed by atoms with van der Waals surface area (Å²) in [4.78, 5) is 21.8. The summed E-state index contributed by atoms with van der Waals surface area (Å²) < 4.78 is 4.99. The zero-order valence-electron chi connectivity index (χ0n) is 9.51. The molecule has 1 rings (SSSR count). The van der Waals surface area contributed by atoms with Crippen LogP contribution in [-0.2, 0) is 9.59 Å². The van der Waals surface area contributed by atoms with E-state index < -0.39 is 11.9 Å². The van der Waals surface area contributed by atoms with Crippen molar-refractivity contribution in [3.05, 3.63) is 29.8 Å². The summed E-state index contributed by atoms with van der Waals surface area (Å²) in [5, 5.41) is 7.30. The molecule has 0 heterocycles. The van der Waals surface area contributed by atoms with E-state index in [-0.39, 0.29) is 36.8 Å². The maximum Gasteiger partial charge on any atom is 0.311 e. The molecule has 0 aliphatic heterocycles. The van der Waals surface area contributed by atoms with Crippen molar-refractivity contribution in [2.45, 2.75) is 12.8 Å². The van der Waals surface area contributed by atoms with Gasteiger partial charge in [-0.1, -0.05) is 12.1 Å². The highest BCUT2D eigenvalue weighted by Gasteiger charge is 2.11. The summed E-state index contributed by atoms with van der Waals surface area (Å²) in [5.41, 5.74) is 10.6. The number of primary amides is 1. The predicted molar refractivity (Wildman–Crippen MR) is 68.8 cm³/mol. The van der Waals surface area contributed by atoms with Gasteiger partial charge in [-0.3, -0.25) is 15.0 Å². The minimum atomic E-state index is -0.586. The third-order valence-electron chi connectivity index (χ3n) is 1.98. The van der Waals surface area contributed by atoms with Crippen molar-refractivity contribution in [2.24, 2.45) is 11.5 Å². The third-order valence-corrected chi connectivity index (χ3v) is 1.98. The van der Waals surface area contributed by atoms with E-state index in [9.17, 15) is 9.59 Å². The Morgan fingerprint density at radius 3 is 2.33 bits per heavy atom. The maximum atomic E-state index is 11.4. The Kier molecular flexibility index (Phi) is 6.44. The Bertz CT molecular complexity index is 463. The van der Waals surface area contributed by atoms with Crippen molar-refractivity contribution in [2.75, 3.05) is 0 Å². The second kappa shape index (κ2) is 7.29. The summed E-state index contributed by atoms with van der Waals surface area (Å²) in [5.74, 6) is -1.14. The van der Waals surface area contributed by atoms with Gasteiger partial charge in [0.2, 0.25) is 5.91 Å². The topological polar surface area (TPSA) is 119 Å². The number of nitrogen functional groups attached to an aromatic ring is 1. The Labute approximate surface area is 110 Å². The second-order valence-electron chi connectivity index (χ2n) is 3.35. The van der Waals surface area contributed by atoms with Crippen LogP contribution in [0.15, 0.2) is 24.3 Å². The Morgan fingerprint density at radius 1 is 1.17 bits per heavy atom. The zero-order chi connectivity index (χ0) is 12.8. The van der Waals surface area contributed by atoms with Crippen LogP contribution >= 0.6 is 12.4 Å². The van der Waals surface area contributed by atoms with Gasteiger partial charge in [-0.15, -0.1) is 12.4 Å². The van der Waals surface area contributed by atoms with Crippen molar-refractivity contribution >= 4 is 30.1 Å². The molecule has 0 spiro atoms. The number of amidine groups is 1. The molecule has 0 fully saturated rings. The number of halogens is 1. The van der Waals surface area contributed by atoms with Gasteiger partial charge in [0, 0.05) is 6.42 Å². The van der Waals surface area contributed by atoms with Gasteiger partial charge < -0.3 is 16.2 Å². The maximum absolute atomic E-state index is 11.4. The van der Waals surface area contributed by atoms with Gasteiger partial charge in [-0.25, -0.2) is 0 Å². The molecule has 1 aromatic rings. The van der Waals surface area contributed by atoms with Crippen LogP contribution in [0.25, 0.3) is 0 Å². The van der Waals surface area contributed by atoms with Gasteiger partial charge in [-0.05, 0) is 12.1 Å². The van der Waals surface area contributed by atoms with Crippen LogP contribution in [-0.4, -0.2) is 17.7 Å². The molecule has 1 amide bonds. The summed E-state index contributed by atoms with van der Waals surface area (Å²) in [6.07, 6.45) is -0.164. The largest absolute Gasteiger partial charge is 0.426 e. The molecule has 18 heavy (non-hydrogen) atoms. The van der Waals surface area contributed by atoms with E-state index in [1.807, 2.05) is 0 Å². The first kappa shape index (κ1) is 15.9. The number of rotatable bonds is 5. The van der Waals surface area contributed by atoms with Crippen LogP contribution in [0, 0.1) is 5.41 Å². The molecule has 0 saturated heterocycles. The highest BCUT2D eigenvalue weighted by atomic mass is 35.5. The number of nitrogens with two attached hydrogens (primary N) is 2. The molecule has 0 aliphatic carbocycles. The number of esters is 1. The van der Waals surface area contributed by atoms with Gasteiger partial charge in [0.25, 0.3) is 0 Å². The number of carbonyl (C=O) groups excluding carboxylic acids is 2. The lowest BCUT2D eigenvalue weighted by atomic mass is 10.2. The van der Waals surface area contributed by atoms with E-state index in [4.69, 9.17) is 21.6 Å². The lowest BCUT2D eigenvalue weighted by molar-refractivity contribution is -0.136. The van der Waals surface area contributed by atoms with Crippen molar-refractivity contribution < 1.29 is 14.3 Å². The number of carbonyl (C=O) groups is 2. The van der Waals surface area contributed by atoms with E-state index >= 15 is 0 Å². The quantitative estimate of drug-likeness (QED) is 0.314. The molecule has 0 aliphatic rings. The fraction of sp³-hybridized carbons (Fsp3) is 0.182. The first-order valence-corrected chi connectivity index (χ1v) is 4.93. The molecule has 1 aromatic carbocycles. The molecule has 0 unspecified atom stereocenters. The SMILES string of the molecule is Cl.N=C(N)c1ccccc1OC(=O)CCC(N)=O. The van der Waals surface area contributed by atoms with Crippen LogP contribution in [0.3, 0.4) is 0 Å². The first-order valence-electron chi connectivity index (χ1n) is 4.93. The minimum Gasteiger partial charge on any atom is -0.426 e. The first-order chi connectivity index (χ1) is 8.00. The Hall–Kier alpha value is -2.08. The smallest absolute Gasteiger partial charge is 0.311 e. The Balaban J connectivity index is 0.00000289. The number of benzene rings is 1. The molecule has 98 valence electrons. The van der Waals surface area contributed by atoms with E-state index in [0.717, 1.165) is 0 Å². The van der Waals surface area contributed by atoms with Crippen LogP contribution in [0.4, 0.5) is 0 Å². The van der Waals surface area contributed by atoms with Crippen molar-refractivity contribution in [1.29, 1.82) is 5.41 Å². The van der Waals surface area contributed by atoms with E-state index in [0.29, 0.717) is 5.56 Å². The van der Waals surface area contributed by atoms with Crippen molar-refractivity contribution in [1.82, 2.24) is 0 Å². The van der Waals surface area contributed by atoms with Gasteiger partial charge in [0.1, 0.15) is 11.6 Å². The van der Waals surface area contributed by atoms with Gasteiger partial charge in [0.05, 0.1) is 12.0 Å². The van der Waals surface area contributed by atoms with Crippen LogP contribution < -0.4 is 16.2 Å². The molecule has 0 saturated carbocycles. The molecule has 0 atom stereocenters. The minimum absolute atomic E-state index is 0. The number of hydrogen-bond donors (Lipinski definition) is 3. The highest BCUT2D eigenvalue weighted by molar-refractivity contribution is 5.98. The fourth-order valence-electron chi connectivity index (χ4n) is 1.18. The van der Waals surface area contributed by atoms with Gasteiger partial charge in [-0.2, -0.15) is 0 Å². The van der Waals surface area contributed by atoms with Crippen LogP contribution in [0.2, 0.25) is 0 Å². The molecule has 7 heteroatoms. The molecule has 0 radical (unpaired) electrons. The highest BCUT2D eigenvalue weighted by Crippen LogP contribution is 2.17. The molecule has 0 aromatic heterocycles. The lowest BCUT2D eigenvalue weighted by Gasteiger charge is -2.08. The predicted octanol–water partition coefficient (Wildman–Crippen LogP) is 0.563. The van der Waals surface area contributed by atoms with Crippen molar-refractivity contribution in [3.8, 4) is 5.75 Å². The van der Waals surface area contributed by atoms with Gasteiger partial charge in [0.15, 0.2) is 0 Å². The van der Waals surface area contributed by atoms with E-state index in [1.165, 1.54) is 6.07 Å². The number of hydrogen-bond acceptors (Lipinski definition) is 4. The van der Waals surface area contributed by atoms with E-state index in [2.05, 4.69) is 0 Å². The fourth-order valence-corrected chi connectivity index (χ4v) is 1.18. The molecular formula is C11H14ClN3O3. The van der Waals surface area contributed by atoms with E-state index in [1.54, 1.807) is 18.2 Å². The van der Waals surface area contributed by atoms with Crippen LogP contribution in [0.5, 0.6) is 5.75 Å². The Morgan fingerprint density at radius 2 is 1.78 bits per heavy atom. The monoisotopic (exact) mass is 271 g/mol. The van der Waals surface area contributed by atoms with Crippen molar-refractivity contribution in [3.63, 3.8) is 0 Å². The zero-order valence-corrected chi connectivity index (χ0v) is 10.3. The average molecular weight is 272 g/mol. The number of amides is 1. The van der Waals surface area contributed by atoms with Crippen LogP contribution in [0.1, 0.15) is 18.4 Å². The normalized spacial score (nSPS) is 9.11. The summed E-state index contributed by atoms with van der Waals surface area (Å²) in [7, 11) is 0. The third kappa shape index (κ3) is 4.84. The molecule has 0 bridgehead atoms. The average Bonchev–Trinajstić information content (AvgIpc) is 2.27. The summed E-state index contributed by atoms with van der Waals surface area (Å²) in [6, 6.07) is 6.43. The summed E-state index contributed by atoms with van der Waals surface area (Å²) in [6.45, 7) is 0. The number of nitrogens with one attached hydrogen (secondary N) is 1. The second-order valence-corrected chi connectivity index (χ2v) is 3.35. The van der Waals surface area contributed by atoms with Gasteiger partial charge >= 0.3 is 5.97 Å². The number of para-hydroxylation sites is 1. The lowest BCUT2D eigenvalue weighted by Crippen LogP contribution is -2.18. The molecular weight excluding hydrogens is 258 g/mol. The number of ether oxygens (including phenoxy) is 1. The molecule has 6 nitrogen and oxygen atoms in total. The molecule has 5 N–H and O–H groups in total. The summed E-state index contributed by atoms with van der Waals surface area (Å²) >= 11 is 0. The standard InChI is InChI=1S/C11H13N3O3.ClH/c12-9(15)5-6-10(16)17-8-4-2-1-3-7(8)11(13)14;/h1-4H,5-6H2,(H2,12,15)(H3,13,14);1H.